The maximum Gasteiger partial charge on any atom is 0.281 e. The van der Waals surface area contributed by atoms with Gasteiger partial charge in [-0.15, -0.1) is 0 Å². The van der Waals surface area contributed by atoms with Gasteiger partial charge in [-0.3, -0.25) is 4.90 Å². The maximum absolute atomic E-state index is 12.1. The minimum absolute atomic E-state index is 0.0922. The van der Waals surface area contributed by atoms with E-state index < -0.39 is 10.2 Å². The molecule has 24 heavy (non-hydrogen) atoms. The van der Waals surface area contributed by atoms with Gasteiger partial charge in [0.25, 0.3) is 10.2 Å². The highest BCUT2D eigenvalue weighted by Crippen LogP contribution is 2.29. The summed E-state index contributed by atoms with van der Waals surface area (Å²) in [4.78, 5) is 2.23. The molecule has 0 saturated carbocycles. The molecule has 0 unspecified atom stereocenters. The standard InChI is InChI=1S/C16H27N3O4S/c1-17(2)24(20,21)19-10-8-18(9-11-19)13-14-6-7-16(23-14)15-5-3-4-12-22-15/h6-7,15H,3-5,8-13H2,1-2H3/t15-/m1/s1. The molecular weight excluding hydrogens is 330 g/mol. The Hall–Kier alpha value is -0.930. The molecular formula is C16H27N3O4S. The molecule has 136 valence electrons. The van der Waals surface area contributed by atoms with Crippen molar-refractivity contribution in [3.05, 3.63) is 23.7 Å². The lowest BCUT2D eigenvalue weighted by molar-refractivity contribution is 0.000740. The van der Waals surface area contributed by atoms with Crippen LogP contribution in [0.25, 0.3) is 0 Å². The van der Waals surface area contributed by atoms with Crippen molar-refractivity contribution in [3.63, 3.8) is 0 Å². The van der Waals surface area contributed by atoms with Gasteiger partial charge in [-0.05, 0) is 31.4 Å². The van der Waals surface area contributed by atoms with Crippen LogP contribution in [0.5, 0.6) is 0 Å². The second kappa shape index (κ2) is 7.53. The SMILES string of the molecule is CN(C)S(=O)(=O)N1CCN(Cc2ccc([C@H]3CCCCO3)o2)CC1. The Morgan fingerprint density at radius 3 is 2.54 bits per heavy atom. The van der Waals surface area contributed by atoms with E-state index in [0.29, 0.717) is 32.7 Å². The van der Waals surface area contributed by atoms with Crippen LogP contribution >= 0.6 is 0 Å². The first-order chi connectivity index (χ1) is 11.5. The topological polar surface area (TPSA) is 66.2 Å². The number of nitrogens with zero attached hydrogens (tertiary/aromatic N) is 3. The summed E-state index contributed by atoms with van der Waals surface area (Å²) in [5.41, 5.74) is 0. The highest BCUT2D eigenvalue weighted by atomic mass is 32.2. The summed E-state index contributed by atoms with van der Waals surface area (Å²) in [6.45, 7) is 3.97. The third-order valence-electron chi connectivity index (χ3n) is 4.68. The maximum atomic E-state index is 12.1. The van der Waals surface area contributed by atoms with Crippen molar-refractivity contribution < 1.29 is 17.6 Å². The quantitative estimate of drug-likeness (QED) is 0.798. The second-order valence-electron chi connectivity index (χ2n) is 6.62. The average Bonchev–Trinajstić information content (AvgIpc) is 3.04. The molecule has 3 rings (SSSR count). The molecule has 0 aliphatic carbocycles. The smallest absolute Gasteiger partial charge is 0.281 e. The van der Waals surface area contributed by atoms with E-state index in [1.54, 1.807) is 14.1 Å². The van der Waals surface area contributed by atoms with Crippen molar-refractivity contribution in [1.29, 1.82) is 0 Å². The third kappa shape index (κ3) is 4.00. The average molecular weight is 357 g/mol. The molecule has 0 bridgehead atoms. The van der Waals surface area contributed by atoms with Gasteiger partial charge in [-0.1, -0.05) is 0 Å². The lowest BCUT2D eigenvalue weighted by Crippen LogP contribution is -2.51. The van der Waals surface area contributed by atoms with E-state index in [-0.39, 0.29) is 6.10 Å². The summed E-state index contributed by atoms with van der Waals surface area (Å²) in [6.07, 6.45) is 3.43. The fourth-order valence-electron chi connectivity index (χ4n) is 3.19. The lowest BCUT2D eigenvalue weighted by atomic mass is 10.1. The molecule has 2 fully saturated rings. The Kier molecular flexibility index (Phi) is 5.61. The number of piperazine rings is 1. The molecule has 3 heterocycles. The fourth-order valence-corrected chi connectivity index (χ4v) is 4.27. The molecule has 8 heteroatoms. The van der Waals surface area contributed by atoms with Crippen LogP contribution in [0.3, 0.4) is 0 Å². The molecule has 2 aliphatic heterocycles. The first-order valence-electron chi connectivity index (χ1n) is 8.57. The Bertz CT molecular complexity index is 630. The normalized spacial score (nSPS) is 24.5. The molecule has 1 aromatic rings. The molecule has 0 N–H and O–H groups in total. The van der Waals surface area contributed by atoms with Gasteiger partial charge in [0.05, 0.1) is 6.54 Å². The predicted octanol–water partition coefficient (Wildman–Crippen LogP) is 1.45. The molecule has 1 aromatic heterocycles. The molecule has 0 amide bonds. The van der Waals surface area contributed by atoms with Crippen LogP contribution in [0.15, 0.2) is 16.5 Å². The lowest BCUT2D eigenvalue weighted by Gasteiger charge is -2.34. The van der Waals surface area contributed by atoms with Crippen LogP contribution in [-0.4, -0.2) is 68.8 Å². The number of furan rings is 1. The molecule has 0 radical (unpaired) electrons. The summed E-state index contributed by atoms with van der Waals surface area (Å²) in [5.74, 6) is 1.83. The Morgan fingerprint density at radius 2 is 1.92 bits per heavy atom. The summed E-state index contributed by atoms with van der Waals surface area (Å²) in [5, 5.41) is 0. The molecule has 7 nitrogen and oxygen atoms in total. The van der Waals surface area contributed by atoms with Gasteiger partial charge >= 0.3 is 0 Å². The van der Waals surface area contributed by atoms with E-state index in [9.17, 15) is 8.42 Å². The first-order valence-corrected chi connectivity index (χ1v) is 9.96. The monoisotopic (exact) mass is 357 g/mol. The van der Waals surface area contributed by atoms with Crippen molar-refractivity contribution in [2.24, 2.45) is 0 Å². The van der Waals surface area contributed by atoms with Gasteiger partial charge in [0.1, 0.15) is 17.6 Å². The van der Waals surface area contributed by atoms with Gasteiger partial charge in [0, 0.05) is 46.9 Å². The molecule has 0 spiro atoms. The van der Waals surface area contributed by atoms with Crippen LogP contribution < -0.4 is 0 Å². The molecule has 1 atom stereocenters. The zero-order valence-electron chi connectivity index (χ0n) is 14.5. The molecule has 2 aliphatic rings. The van der Waals surface area contributed by atoms with Gasteiger partial charge < -0.3 is 9.15 Å². The van der Waals surface area contributed by atoms with Crippen molar-refractivity contribution >= 4 is 10.2 Å². The Labute approximate surface area is 144 Å². The van der Waals surface area contributed by atoms with Crippen LogP contribution in [0.4, 0.5) is 0 Å². The summed E-state index contributed by atoms with van der Waals surface area (Å²) >= 11 is 0. The summed E-state index contributed by atoms with van der Waals surface area (Å²) in [7, 11) is -0.169. The Morgan fingerprint density at radius 1 is 1.17 bits per heavy atom. The zero-order valence-corrected chi connectivity index (χ0v) is 15.3. The predicted molar refractivity (Wildman–Crippen MR) is 90.7 cm³/mol. The van der Waals surface area contributed by atoms with Gasteiger partial charge in [0.15, 0.2) is 0 Å². The third-order valence-corrected chi connectivity index (χ3v) is 6.62. The second-order valence-corrected chi connectivity index (χ2v) is 8.77. The van der Waals surface area contributed by atoms with Crippen LogP contribution in [0.2, 0.25) is 0 Å². The van der Waals surface area contributed by atoms with Gasteiger partial charge in [0.2, 0.25) is 0 Å². The van der Waals surface area contributed by atoms with Gasteiger partial charge in [-0.2, -0.15) is 17.0 Å². The van der Waals surface area contributed by atoms with E-state index in [0.717, 1.165) is 31.0 Å². The number of hydrogen-bond donors (Lipinski definition) is 0. The number of hydrogen-bond acceptors (Lipinski definition) is 5. The molecule has 0 aromatic carbocycles. The van der Waals surface area contributed by atoms with E-state index in [1.807, 2.05) is 12.1 Å². The van der Waals surface area contributed by atoms with Crippen LogP contribution in [0.1, 0.15) is 36.9 Å². The highest BCUT2D eigenvalue weighted by molar-refractivity contribution is 7.86. The summed E-state index contributed by atoms with van der Waals surface area (Å²) < 4.78 is 38.8. The van der Waals surface area contributed by atoms with Crippen molar-refractivity contribution in [2.75, 3.05) is 46.9 Å². The largest absolute Gasteiger partial charge is 0.462 e. The van der Waals surface area contributed by atoms with Crippen molar-refractivity contribution in [3.8, 4) is 0 Å². The number of rotatable bonds is 5. The van der Waals surface area contributed by atoms with Crippen LogP contribution in [-0.2, 0) is 21.5 Å². The molecule has 2 saturated heterocycles. The van der Waals surface area contributed by atoms with E-state index in [2.05, 4.69) is 4.90 Å². The van der Waals surface area contributed by atoms with Crippen molar-refractivity contribution in [1.82, 2.24) is 13.5 Å². The zero-order chi connectivity index (χ0) is 17.2. The van der Waals surface area contributed by atoms with E-state index in [4.69, 9.17) is 9.15 Å². The minimum Gasteiger partial charge on any atom is -0.462 e. The van der Waals surface area contributed by atoms with Crippen LogP contribution in [0, 0.1) is 0 Å². The van der Waals surface area contributed by atoms with E-state index in [1.165, 1.54) is 15.0 Å². The first kappa shape index (κ1) is 17.9. The number of ether oxygens (including phenoxy) is 1. The summed E-state index contributed by atoms with van der Waals surface area (Å²) in [6, 6.07) is 4.02. The van der Waals surface area contributed by atoms with E-state index >= 15 is 0 Å². The minimum atomic E-state index is -3.31. The Balaban J connectivity index is 1.52. The van der Waals surface area contributed by atoms with Crippen molar-refractivity contribution in [2.45, 2.75) is 31.9 Å². The van der Waals surface area contributed by atoms with Gasteiger partial charge in [-0.25, -0.2) is 0 Å². The fraction of sp³-hybridized carbons (Fsp3) is 0.750. The highest BCUT2D eigenvalue weighted by Gasteiger charge is 2.29.